The zero-order valence-electron chi connectivity index (χ0n) is 18.8. The average molecular weight is 451 g/mol. The normalized spacial score (nSPS) is 15.8. The first-order valence-corrected chi connectivity index (χ1v) is 11.5. The first kappa shape index (κ1) is 22.8. The number of likely N-dealkylation sites (tertiary alicyclic amines) is 1. The summed E-state index contributed by atoms with van der Waals surface area (Å²) in [5.41, 5.74) is 4.74. The number of carboxylic acids is 1. The van der Waals surface area contributed by atoms with Crippen LogP contribution in [0.1, 0.15) is 43.2 Å². The first-order chi connectivity index (χ1) is 15.9. The number of nitrogens with zero attached hydrogens (tertiary/aromatic N) is 1. The Morgan fingerprint density at radius 3 is 2.27 bits per heavy atom. The molecule has 33 heavy (non-hydrogen) atoms. The number of rotatable bonds is 9. The molecule has 1 fully saturated rings. The minimum Gasteiger partial charge on any atom is -0.481 e. The van der Waals surface area contributed by atoms with Crippen molar-refractivity contribution in [3.8, 4) is 11.1 Å². The van der Waals surface area contributed by atoms with Gasteiger partial charge in [0.15, 0.2) is 0 Å². The lowest BCUT2D eigenvalue weighted by Gasteiger charge is -2.39. The maximum Gasteiger partial charge on any atom is 0.407 e. The fourth-order valence-electron chi connectivity index (χ4n) is 4.75. The Kier molecular flexibility index (Phi) is 6.96. The summed E-state index contributed by atoms with van der Waals surface area (Å²) in [4.78, 5) is 37.0. The van der Waals surface area contributed by atoms with E-state index in [-0.39, 0.29) is 36.7 Å². The molecule has 1 aliphatic heterocycles. The van der Waals surface area contributed by atoms with Gasteiger partial charge in [0.05, 0.1) is 6.42 Å². The van der Waals surface area contributed by atoms with Crippen LogP contribution >= 0.6 is 0 Å². The van der Waals surface area contributed by atoms with Gasteiger partial charge in [0.25, 0.3) is 0 Å². The van der Waals surface area contributed by atoms with Gasteiger partial charge < -0.3 is 20.1 Å². The third-order valence-electron chi connectivity index (χ3n) is 6.55. The zero-order valence-corrected chi connectivity index (χ0v) is 18.8. The number of fused-ring (bicyclic) bond motifs is 3. The molecule has 0 radical (unpaired) electrons. The summed E-state index contributed by atoms with van der Waals surface area (Å²) < 4.78 is 5.54. The Bertz CT molecular complexity index is 985. The van der Waals surface area contributed by atoms with Crippen molar-refractivity contribution in [1.29, 1.82) is 0 Å². The number of hydrogen-bond acceptors (Lipinski definition) is 4. The highest BCUT2D eigenvalue weighted by Gasteiger charge is 2.32. The van der Waals surface area contributed by atoms with Gasteiger partial charge in [-0.3, -0.25) is 9.59 Å². The van der Waals surface area contributed by atoms with Crippen LogP contribution in [0.3, 0.4) is 0 Å². The molecule has 4 rings (SSSR count). The van der Waals surface area contributed by atoms with Crippen LogP contribution in [0.15, 0.2) is 48.5 Å². The molecule has 2 amide bonds. The van der Waals surface area contributed by atoms with Crippen molar-refractivity contribution in [1.82, 2.24) is 10.2 Å². The summed E-state index contributed by atoms with van der Waals surface area (Å²) in [7, 11) is 0. The number of carbonyl (C=O) groups excluding carboxylic acids is 2. The molecule has 174 valence electrons. The van der Waals surface area contributed by atoms with E-state index >= 15 is 0 Å². The van der Waals surface area contributed by atoms with Crippen molar-refractivity contribution in [3.05, 3.63) is 59.7 Å². The van der Waals surface area contributed by atoms with E-state index in [4.69, 9.17) is 9.84 Å². The van der Waals surface area contributed by atoms with Gasteiger partial charge in [-0.2, -0.15) is 0 Å². The minimum absolute atomic E-state index is 0.0289. The lowest BCUT2D eigenvalue weighted by Crippen LogP contribution is -2.50. The summed E-state index contributed by atoms with van der Waals surface area (Å²) in [5.74, 6) is -0.562. The summed E-state index contributed by atoms with van der Waals surface area (Å²) in [6.45, 7) is 3.74. The van der Waals surface area contributed by atoms with E-state index in [9.17, 15) is 14.4 Å². The molecule has 1 unspecified atom stereocenters. The molecule has 0 saturated carbocycles. The van der Waals surface area contributed by atoms with E-state index in [1.165, 1.54) is 22.3 Å². The molecular weight excluding hydrogens is 420 g/mol. The third-order valence-corrected chi connectivity index (χ3v) is 6.55. The van der Waals surface area contributed by atoms with Gasteiger partial charge in [-0.1, -0.05) is 55.5 Å². The fraction of sp³-hybridized carbons (Fsp3) is 0.423. The van der Waals surface area contributed by atoms with Crippen LogP contribution in [0.2, 0.25) is 0 Å². The van der Waals surface area contributed by atoms with Crippen LogP contribution in [-0.4, -0.2) is 54.2 Å². The smallest absolute Gasteiger partial charge is 0.407 e. The van der Waals surface area contributed by atoms with Crippen LogP contribution in [0.5, 0.6) is 0 Å². The van der Waals surface area contributed by atoms with Crippen molar-refractivity contribution in [2.75, 3.05) is 26.2 Å². The van der Waals surface area contributed by atoms with E-state index < -0.39 is 12.1 Å². The highest BCUT2D eigenvalue weighted by Crippen LogP contribution is 2.44. The summed E-state index contributed by atoms with van der Waals surface area (Å²) in [6.07, 6.45) is 0.729. The van der Waals surface area contributed by atoms with Gasteiger partial charge in [0, 0.05) is 37.9 Å². The van der Waals surface area contributed by atoms with Crippen molar-refractivity contribution in [3.63, 3.8) is 0 Å². The molecule has 2 aromatic rings. The van der Waals surface area contributed by atoms with Crippen molar-refractivity contribution in [2.24, 2.45) is 11.8 Å². The van der Waals surface area contributed by atoms with Crippen LogP contribution in [0, 0.1) is 11.8 Å². The minimum atomic E-state index is -0.820. The largest absolute Gasteiger partial charge is 0.481 e. The molecule has 2 N–H and O–H groups in total. The average Bonchev–Trinajstić information content (AvgIpc) is 3.08. The number of ether oxygens (including phenoxy) is 1. The second-order valence-electron chi connectivity index (χ2n) is 9.11. The Balaban J connectivity index is 1.17. The fourth-order valence-corrected chi connectivity index (χ4v) is 4.75. The third kappa shape index (κ3) is 5.35. The molecular formula is C26H30N2O5. The van der Waals surface area contributed by atoms with Gasteiger partial charge >= 0.3 is 12.1 Å². The summed E-state index contributed by atoms with van der Waals surface area (Å²) in [6, 6.07) is 16.4. The van der Waals surface area contributed by atoms with E-state index in [2.05, 4.69) is 29.6 Å². The Hall–Kier alpha value is -3.35. The zero-order chi connectivity index (χ0) is 23.4. The number of amides is 2. The van der Waals surface area contributed by atoms with E-state index in [1.54, 1.807) is 4.90 Å². The van der Waals surface area contributed by atoms with Gasteiger partial charge in [-0.25, -0.2) is 4.79 Å². The molecule has 2 aromatic carbocycles. The SMILES string of the molecule is CC(CCNC(=O)OCC1c2ccccc2-c2ccccc21)CC(=O)N1CC(CC(=O)O)C1. The van der Waals surface area contributed by atoms with Gasteiger partial charge in [0.1, 0.15) is 6.61 Å². The first-order valence-electron chi connectivity index (χ1n) is 11.5. The number of benzene rings is 2. The molecule has 0 bridgehead atoms. The number of carbonyl (C=O) groups is 3. The Labute approximate surface area is 193 Å². The molecule has 0 aromatic heterocycles. The van der Waals surface area contributed by atoms with Gasteiger partial charge in [-0.05, 0) is 34.6 Å². The molecule has 1 heterocycles. The van der Waals surface area contributed by atoms with Crippen LogP contribution in [0.4, 0.5) is 4.79 Å². The molecule has 1 aliphatic carbocycles. The van der Waals surface area contributed by atoms with Crippen LogP contribution in [0.25, 0.3) is 11.1 Å². The van der Waals surface area contributed by atoms with E-state index in [0.717, 1.165) is 0 Å². The number of nitrogens with one attached hydrogen (secondary N) is 1. The van der Waals surface area contributed by atoms with Crippen molar-refractivity contribution >= 4 is 18.0 Å². The Morgan fingerprint density at radius 1 is 1.06 bits per heavy atom. The number of hydrogen-bond donors (Lipinski definition) is 2. The van der Waals surface area contributed by atoms with Crippen LogP contribution < -0.4 is 5.32 Å². The monoisotopic (exact) mass is 450 g/mol. The predicted molar refractivity (Wildman–Crippen MR) is 124 cm³/mol. The maximum absolute atomic E-state index is 12.3. The number of alkyl carbamates (subject to hydrolysis) is 1. The van der Waals surface area contributed by atoms with Crippen molar-refractivity contribution < 1.29 is 24.2 Å². The highest BCUT2D eigenvalue weighted by atomic mass is 16.5. The lowest BCUT2D eigenvalue weighted by atomic mass is 9.94. The van der Waals surface area contributed by atoms with E-state index in [0.29, 0.717) is 32.5 Å². The summed E-state index contributed by atoms with van der Waals surface area (Å²) >= 11 is 0. The Morgan fingerprint density at radius 2 is 1.67 bits per heavy atom. The van der Waals surface area contributed by atoms with Gasteiger partial charge in [-0.15, -0.1) is 0 Å². The number of aliphatic carboxylic acids is 1. The molecule has 0 spiro atoms. The molecule has 2 aliphatic rings. The topological polar surface area (TPSA) is 95.9 Å². The molecule has 7 nitrogen and oxygen atoms in total. The summed E-state index contributed by atoms with van der Waals surface area (Å²) in [5, 5.41) is 11.6. The van der Waals surface area contributed by atoms with Crippen molar-refractivity contribution in [2.45, 2.75) is 32.1 Å². The number of carboxylic acid groups (broad SMARTS) is 1. The standard InChI is InChI=1S/C26H30N2O5/c1-17(12-24(29)28-14-18(15-28)13-25(30)31)10-11-27-26(32)33-16-23-21-8-4-2-6-19(21)20-7-3-5-9-22(20)23/h2-9,17-18,23H,10-16H2,1H3,(H,27,32)(H,30,31). The second-order valence-corrected chi connectivity index (χ2v) is 9.11. The second kappa shape index (κ2) is 10.1. The van der Waals surface area contributed by atoms with E-state index in [1.807, 2.05) is 31.2 Å². The predicted octanol–water partition coefficient (Wildman–Crippen LogP) is 3.87. The van der Waals surface area contributed by atoms with Crippen LogP contribution in [-0.2, 0) is 14.3 Å². The highest BCUT2D eigenvalue weighted by molar-refractivity contribution is 5.79. The maximum atomic E-state index is 12.3. The quantitative estimate of drug-likeness (QED) is 0.605. The molecule has 1 saturated heterocycles. The molecule has 1 atom stereocenters. The molecule has 7 heteroatoms. The lowest BCUT2D eigenvalue weighted by molar-refractivity contribution is -0.145. The van der Waals surface area contributed by atoms with Gasteiger partial charge in [0.2, 0.25) is 5.91 Å².